The Labute approximate surface area is 162 Å². The fourth-order valence-corrected chi connectivity index (χ4v) is 2.67. The number of amides is 2. The van der Waals surface area contributed by atoms with Gasteiger partial charge in [-0.1, -0.05) is 23.7 Å². The van der Waals surface area contributed by atoms with Crippen LogP contribution in [0.2, 0.25) is 5.02 Å². The third-order valence-electron chi connectivity index (χ3n) is 4.25. The van der Waals surface area contributed by atoms with E-state index in [0.29, 0.717) is 22.0 Å². The number of rotatable bonds is 6. The van der Waals surface area contributed by atoms with Crippen molar-refractivity contribution in [2.24, 2.45) is 11.0 Å². The van der Waals surface area contributed by atoms with Gasteiger partial charge in [0, 0.05) is 16.6 Å². The SMILES string of the molecule is COc1ccc(Cl)cc1C(=O)NN=C(C)c1ccc(NC(=O)C2CC2)cc1. The van der Waals surface area contributed by atoms with E-state index in [2.05, 4.69) is 15.8 Å². The van der Waals surface area contributed by atoms with Gasteiger partial charge in [0.05, 0.1) is 18.4 Å². The minimum Gasteiger partial charge on any atom is -0.496 e. The maximum absolute atomic E-state index is 12.4. The van der Waals surface area contributed by atoms with Gasteiger partial charge in [0.2, 0.25) is 5.91 Å². The number of carbonyl (C=O) groups is 2. The Balaban J connectivity index is 1.65. The van der Waals surface area contributed by atoms with E-state index in [1.54, 1.807) is 19.1 Å². The third kappa shape index (κ3) is 4.86. The fraction of sp³-hybridized carbons (Fsp3) is 0.250. The van der Waals surface area contributed by atoms with Crippen LogP contribution in [0.1, 0.15) is 35.7 Å². The summed E-state index contributed by atoms with van der Waals surface area (Å²) < 4.78 is 5.18. The molecule has 0 saturated heterocycles. The summed E-state index contributed by atoms with van der Waals surface area (Å²) in [6.07, 6.45) is 1.93. The average molecular weight is 386 g/mol. The summed E-state index contributed by atoms with van der Waals surface area (Å²) in [6, 6.07) is 12.1. The zero-order valence-corrected chi connectivity index (χ0v) is 15.8. The highest BCUT2D eigenvalue weighted by atomic mass is 35.5. The lowest BCUT2D eigenvalue weighted by atomic mass is 10.1. The van der Waals surface area contributed by atoms with Crippen LogP contribution in [0.5, 0.6) is 5.75 Å². The number of nitrogens with zero attached hydrogens (tertiary/aromatic N) is 1. The molecule has 140 valence electrons. The average Bonchev–Trinajstić information content (AvgIpc) is 3.51. The molecule has 2 amide bonds. The fourth-order valence-electron chi connectivity index (χ4n) is 2.50. The number of halogens is 1. The van der Waals surface area contributed by atoms with E-state index in [9.17, 15) is 9.59 Å². The highest BCUT2D eigenvalue weighted by Crippen LogP contribution is 2.30. The molecule has 1 fully saturated rings. The normalized spacial score (nSPS) is 13.8. The molecule has 0 atom stereocenters. The highest BCUT2D eigenvalue weighted by Gasteiger charge is 2.29. The van der Waals surface area contributed by atoms with Crippen LogP contribution in [0.4, 0.5) is 5.69 Å². The van der Waals surface area contributed by atoms with Crippen LogP contribution in [0.25, 0.3) is 0 Å². The van der Waals surface area contributed by atoms with Gasteiger partial charge in [0.1, 0.15) is 5.75 Å². The van der Waals surface area contributed by atoms with Crippen molar-refractivity contribution in [1.29, 1.82) is 0 Å². The Bertz CT molecular complexity index is 890. The van der Waals surface area contributed by atoms with Crippen LogP contribution in [0.3, 0.4) is 0 Å². The molecule has 0 radical (unpaired) electrons. The molecule has 0 aliphatic heterocycles. The standard InChI is InChI=1S/C20H20ClN3O3/c1-12(13-5-8-16(9-6-13)22-19(25)14-3-4-14)23-24-20(26)17-11-15(21)7-10-18(17)27-2/h5-11,14H,3-4H2,1-2H3,(H,22,25)(H,24,26). The minimum atomic E-state index is -0.415. The number of anilines is 1. The van der Waals surface area contributed by atoms with Crippen LogP contribution in [-0.4, -0.2) is 24.6 Å². The predicted octanol–water partition coefficient (Wildman–Crippen LogP) is 3.85. The number of carbonyl (C=O) groups excluding carboxylic acids is 2. The monoisotopic (exact) mass is 385 g/mol. The van der Waals surface area contributed by atoms with Crippen LogP contribution in [-0.2, 0) is 4.79 Å². The second-order valence-corrected chi connectivity index (χ2v) is 6.76. The van der Waals surface area contributed by atoms with Crippen molar-refractivity contribution in [2.45, 2.75) is 19.8 Å². The number of benzene rings is 2. The number of nitrogens with one attached hydrogen (secondary N) is 2. The van der Waals surface area contributed by atoms with Crippen molar-refractivity contribution >= 4 is 34.8 Å². The molecule has 27 heavy (non-hydrogen) atoms. The lowest BCUT2D eigenvalue weighted by molar-refractivity contribution is -0.117. The summed E-state index contributed by atoms with van der Waals surface area (Å²) in [5.74, 6) is 0.227. The van der Waals surface area contributed by atoms with Gasteiger partial charge < -0.3 is 10.1 Å². The van der Waals surface area contributed by atoms with E-state index < -0.39 is 5.91 Å². The number of hydrogen-bond acceptors (Lipinski definition) is 4. The zero-order chi connectivity index (χ0) is 19.4. The first-order chi connectivity index (χ1) is 13.0. The van der Waals surface area contributed by atoms with Crippen LogP contribution < -0.4 is 15.5 Å². The largest absolute Gasteiger partial charge is 0.496 e. The molecule has 7 heteroatoms. The predicted molar refractivity (Wildman–Crippen MR) is 105 cm³/mol. The molecule has 2 N–H and O–H groups in total. The second kappa shape index (κ2) is 8.22. The summed E-state index contributed by atoms with van der Waals surface area (Å²) in [6.45, 7) is 1.78. The smallest absolute Gasteiger partial charge is 0.275 e. The van der Waals surface area contributed by atoms with Crippen LogP contribution in [0, 0.1) is 5.92 Å². The third-order valence-corrected chi connectivity index (χ3v) is 4.48. The van der Waals surface area contributed by atoms with E-state index in [1.807, 2.05) is 24.3 Å². The van der Waals surface area contributed by atoms with Gasteiger partial charge in [-0.15, -0.1) is 0 Å². The molecule has 0 bridgehead atoms. The quantitative estimate of drug-likeness (QED) is 0.585. The van der Waals surface area contributed by atoms with Gasteiger partial charge >= 0.3 is 0 Å². The molecule has 2 aromatic carbocycles. The van der Waals surface area contributed by atoms with E-state index in [1.165, 1.54) is 13.2 Å². The number of methoxy groups -OCH3 is 1. The molecular formula is C20H20ClN3O3. The number of hydrazone groups is 1. The summed E-state index contributed by atoms with van der Waals surface area (Å²) in [5.41, 5.74) is 5.02. The molecule has 3 rings (SSSR count). The van der Waals surface area contributed by atoms with Crippen LogP contribution >= 0.6 is 11.6 Å². The van der Waals surface area contributed by atoms with Crippen molar-refractivity contribution < 1.29 is 14.3 Å². The molecule has 1 aliphatic rings. The summed E-state index contributed by atoms with van der Waals surface area (Å²) in [4.78, 5) is 24.1. The molecule has 0 unspecified atom stereocenters. The van der Waals surface area contributed by atoms with Gasteiger partial charge in [-0.3, -0.25) is 9.59 Å². The molecule has 0 heterocycles. The Morgan fingerprint density at radius 2 is 1.85 bits per heavy atom. The van der Waals surface area contributed by atoms with Gasteiger partial charge in [-0.05, 0) is 55.7 Å². The van der Waals surface area contributed by atoms with E-state index in [4.69, 9.17) is 16.3 Å². The Morgan fingerprint density at radius 1 is 1.15 bits per heavy atom. The first kappa shape index (κ1) is 18.9. The second-order valence-electron chi connectivity index (χ2n) is 6.32. The molecule has 2 aromatic rings. The summed E-state index contributed by atoms with van der Waals surface area (Å²) in [7, 11) is 1.48. The van der Waals surface area contributed by atoms with E-state index in [0.717, 1.165) is 24.1 Å². The Kier molecular flexibility index (Phi) is 5.76. The molecular weight excluding hydrogens is 366 g/mol. The van der Waals surface area contributed by atoms with Crippen molar-refractivity contribution in [1.82, 2.24) is 5.43 Å². The number of hydrogen-bond donors (Lipinski definition) is 2. The zero-order valence-electron chi connectivity index (χ0n) is 15.1. The molecule has 0 aromatic heterocycles. The van der Waals surface area contributed by atoms with Crippen molar-refractivity contribution in [3.63, 3.8) is 0 Å². The molecule has 1 saturated carbocycles. The maximum Gasteiger partial charge on any atom is 0.275 e. The number of ether oxygens (including phenoxy) is 1. The van der Waals surface area contributed by atoms with E-state index >= 15 is 0 Å². The Morgan fingerprint density at radius 3 is 2.48 bits per heavy atom. The van der Waals surface area contributed by atoms with Crippen molar-refractivity contribution in [3.8, 4) is 5.75 Å². The van der Waals surface area contributed by atoms with Crippen LogP contribution in [0.15, 0.2) is 47.6 Å². The topological polar surface area (TPSA) is 79.8 Å². The highest BCUT2D eigenvalue weighted by molar-refractivity contribution is 6.31. The molecule has 1 aliphatic carbocycles. The molecule has 0 spiro atoms. The minimum absolute atomic E-state index is 0.0656. The van der Waals surface area contributed by atoms with Gasteiger partial charge in [0.15, 0.2) is 0 Å². The van der Waals surface area contributed by atoms with Crippen molar-refractivity contribution in [3.05, 3.63) is 58.6 Å². The first-order valence-electron chi connectivity index (χ1n) is 8.57. The summed E-state index contributed by atoms with van der Waals surface area (Å²) >= 11 is 5.95. The van der Waals surface area contributed by atoms with Gasteiger partial charge in [-0.25, -0.2) is 5.43 Å². The van der Waals surface area contributed by atoms with Gasteiger partial charge in [0.25, 0.3) is 5.91 Å². The Hall–Kier alpha value is -2.86. The molecule has 6 nitrogen and oxygen atoms in total. The van der Waals surface area contributed by atoms with Crippen molar-refractivity contribution in [2.75, 3.05) is 12.4 Å². The maximum atomic E-state index is 12.4. The summed E-state index contributed by atoms with van der Waals surface area (Å²) in [5, 5.41) is 7.46. The van der Waals surface area contributed by atoms with Gasteiger partial charge in [-0.2, -0.15) is 5.10 Å². The lowest BCUT2D eigenvalue weighted by Gasteiger charge is -2.08. The lowest BCUT2D eigenvalue weighted by Crippen LogP contribution is -2.20. The first-order valence-corrected chi connectivity index (χ1v) is 8.95. The van der Waals surface area contributed by atoms with E-state index in [-0.39, 0.29) is 11.8 Å².